The van der Waals surface area contributed by atoms with Gasteiger partial charge in [-0.2, -0.15) is 0 Å². The Balaban J connectivity index is 1.57. The fraction of sp³-hybridized carbons (Fsp3) is 0.250. The molecule has 0 aliphatic heterocycles. The predicted molar refractivity (Wildman–Crippen MR) is 149 cm³/mol. The first-order valence-corrected chi connectivity index (χ1v) is 13.0. The summed E-state index contributed by atoms with van der Waals surface area (Å²) in [5.41, 5.74) is 6.96. The molecule has 186 valence electrons. The van der Waals surface area contributed by atoms with Crippen molar-refractivity contribution in [1.29, 1.82) is 0 Å². The van der Waals surface area contributed by atoms with Crippen molar-refractivity contribution < 1.29 is 4.79 Å². The summed E-state index contributed by atoms with van der Waals surface area (Å²) >= 11 is 7.68. The summed E-state index contributed by atoms with van der Waals surface area (Å²) in [5, 5.41) is 16.4. The SMILES string of the molecule is Cc1ccc(-n2c(CNc3ccc(C)c(Cl)c3)nnc2S[C@H](C)C(=O)Nc2c(C)cccc2C)cc1. The van der Waals surface area contributed by atoms with Crippen LogP contribution in [0.4, 0.5) is 11.4 Å². The number of aromatic nitrogens is 3. The van der Waals surface area contributed by atoms with E-state index in [1.54, 1.807) is 0 Å². The Labute approximate surface area is 221 Å². The zero-order valence-electron chi connectivity index (χ0n) is 21.1. The summed E-state index contributed by atoms with van der Waals surface area (Å²) in [7, 11) is 0. The van der Waals surface area contributed by atoms with E-state index in [2.05, 4.69) is 39.9 Å². The minimum atomic E-state index is -0.380. The van der Waals surface area contributed by atoms with Crippen LogP contribution >= 0.6 is 23.4 Å². The number of carbonyl (C=O) groups excluding carboxylic acids is 1. The van der Waals surface area contributed by atoms with Gasteiger partial charge in [0.2, 0.25) is 5.91 Å². The van der Waals surface area contributed by atoms with Crippen LogP contribution in [0.3, 0.4) is 0 Å². The molecule has 6 nitrogen and oxygen atoms in total. The van der Waals surface area contributed by atoms with Gasteiger partial charge in [-0.25, -0.2) is 0 Å². The van der Waals surface area contributed by atoms with Crippen molar-refractivity contribution in [2.75, 3.05) is 10.6 Å². The van der Waals surface area contributed by atoms with Crippen LogP contribution in [-0.4, -0.2) is 25.9 Å². The Morgan fingerprint density at radius 3 is 2.33 bits per heavy atom. The van der Waals surface area contributed by atoms with E-state index < -0.39 is 0 Å². The molecule has 0 bridgehead atoms. The average molecular weight is 520 g/mol. The Morgan fingerprint density at radius 2 is 1.67 bits per heavy atom. The largest absolute Gasteiger partial charge is 0.378 e. The van der Waals surface area contributed by atoms with E-state index in [0.29, 0.717) is 16.7 Å². The number of nitrogens with one attached hydrogen (secondary N) is 2. The van der Waals surface area contributed by atoms with Gasteiger partial charge in [-0.05, 0) is 75.6 Å². The van der Waals surface area contributed by atoms with E-state index in [4.69, 9.17) is 11.6 Å². The number of anilines is 2. The number of hydrogen-bond acceptors (Lipinski definition) is 5. The molecule has 1 atom stereocenters. The molecule has 4 aromatic rings. The molecule has 0 aliphatic carbocycles. The lowest BCUT2D eigenvalue weighted by Crippen LogP contribution is -2.24. The van der Waals surface area contributed by atoms with E-state index >= 15 is 0 Å². The molecule has 1 amide bonds. The highest BCUT2D eigenvalue weighted by Gasteiger charge is 2.22. The smallest absolute Gasteiger partial charge is 0.237 e. The highest BCUT2D eigenvalue weighted by atomic mass is 35.5. The Hall–Kier alpha value is -3.29. The van der Waals surface area contributed by atoms with Crippen molar-refractivity contribution >= 4 is 40.6 Å². The summed E-state index contributed by atoms with van der Waals surface area (Å²) in [5.74, 6) is 0.658. The molecule has 4 rings (SSSR count). The molecule has 0 radical (unpaired) electrons. The third kappa shape index (κ3) is 5.91. The number of rotatable bonds is 8. The van der Waals surface area contributed by atoms with E-state index in [1.165, 1.54) is 11.8 Å². The standard InChI is InChI=1S/C28H30ClN5OS/c1-17-9-13-23(14-10-17)34-25(16-30-22-12-11-18(2)24(29)15-22)32-33-28(34)36-21(5)27(35)31-26-19(3)7-6-8-20(26)4/h6-15,21,30H,16H2,1-5H3,(H,31,35)/t21-/m1/s1. The lowest BCUT2D eigenvalue weighted by atomic mass is 10.1. The van der Waals surface area contributed by atoms with Gasteiger partial charge >= 0.3 is 0 Å². The number of thioether (sulfide) groups is 1. The molecule has 2 N–H and O–H groups in total. The molecular formula is C28H30ClN5OS. The van der Waals surface area contributed by atoms with Crippen molar-refractivity contribution in [3.05, 3.63) is 93.8 Å². The van der Waals surface area contributed by atoms with Gasteiger partial charge < -0.3 is 10.6 Å². The third-order valence-electron chi connectivity index (χ3n) is 6.00. The van der Waals surface area contributed by atoms with E-state index in [9.17, 15) is 4.79 Å². The van der Waals surface area contributed by atoms with Gasteiger partial charge in [0.25, 0.3) is 0 Å². The minimum Gasteiger partial charge on any atom is -0.378 e. The fourth-order valence-electron chi connectivity index (χ4n) is 3.78. The molecular weight excluding hydrogens is 490 g/mol. The topological polar surface area (TPSA) is 71.8 Å². The number of halogens is 1. The molecule has 0 spiro atoms. The first-order chi connectivity index (χ1) is 17.2. The van der Waals surface area contributed by atoms with Crippen LogP contribution in [0.1, 0.15) is 35.0 Å². The van der Waals surface area contributed by atoms with Gasteiger partial charge in [0.15, 0.2) is 11.0 Å². The number of para-hydroxylation sites is 1. The molecule has 0 fully saturated rings. The van der Waals surface area contributed by atoms with Gasteiger partial charge in [-0.15, -0.1) is 10.2 Å². The molecule has 1 heterocycles. The van der Waals surface area contributed by atoms with Crippen molar-refractivity contribution in [1.82, 2.24) is 14.8 Å². The van der Waals surface area contributed by atoms with Crippen molar-refractivity contribution in [3.8, 4) is 5.69 Å². The number of amides is 1. The lowest BCUT2D eigenvalue weighted by Gasteiger charge is -2.16. The van der Waals surface area contributed by atoms with E-state index in [0.717, 1.165) is 45.1 Å². The highest BCUT2D eigenvalue weighted by molar-refractivity contribution is 8.00. The maximum atomic E-state index is 13.1. The Morgan fingerprint density at radius 1 is 0.972 bits per heavy atom. The summed E-state index contributed by atoms with van der Waals surface area (Å²) in [6.07, 6.45) is 0. The number of hydrogen-bond donors (Lipinski definition) is 2. The monoisotopic (exact) mass is 519 g/mol. The van der Waals surface area contributed by atoms with Gasteiger partial charge in [0, 0.05) is 22.1 Å². The number of aryl methyl sites for hydroxylation is 4. The van der Waals surface area contributed by atoms with E-state index in [1.807, 2.05) is 80.8 Å². The van der Waals surface area contributed by atoms with Crippen LogP contribution in [-0.2, 0) is 11.3 Å². The van der Waals surface area contributed by atoms with Crippen molar-refractivity contribution in [2.45, 2.75) is 51.6 Å². The van der Waals surface area contributed by atoms with Crippen LogP contribution in [0.25, 0.3) is 5.69 Å². The number of benzene rings is 3. The summed E-state index contributed by atoms with van der Waals surface area (Å²) in [6.45, 7) is 10.3. The molecule has 8 heteroatoms. The van der Waals surface area contributed by atoms with E-state index in [-0.39, 0.29) is 11.2 Å². The van der Waals surface area contributed by atoms with Crippen molar-refractivity contribution in [2.24, 2.45) is 0 Å². The van der Waals surface area contributed by atoms with Gasteiger partial charge in [-0.1, -0.05) is 65.3 Å². The molecule has 1 aromatic heterocycles. The molecule has 36 heavy (non-hydrogen) atoms. The third-order valence-corrected chi connectivity index (χ3v) is 7.45. The number of nitrogens with zero attached hydrogens (tertiary/aromatic N) is 3. The second kappa shape index (κ2) is 11.2. The molecule has 0 unspecified atom stereocenters. The maximum absolute atomic E-state index is 13.1. The maximum Gasteiger partial charge on any atom is 0.237 e. The quantitative estimate of drug-likeness (QED) is 0.248. The molecule has 3 aromatic carbocycles. The van der Waals surface area contributed by atoms with Gasteiger partial charge in [-0.3, -0.25) is 9.36 Å². The normalized spacial score (nSPS) is 11.8. The zero-order valence-corrected chi connectivity index (χ0v) is 22.7. The summed E-state index contributed by atoms with van der Waals surface area (Å²) in [6, 6.07) is 20.0. The Bertz CT molecular complexity index is 1360. The first kappa shape index (κ1) is 25.8. The second-order valence-corrected chi connectivity index (χ2v) is 10.6. The Kier molecular flexibility index (Phi) is 8.01. The van der Waals surface area contributed by atoms with Crippen LogP contribution in [0.15, 0.2) is 65.8 Å². The zero-order chi connectivity index (χ0) is 25.8. The summed E-state index contributed by atoms with van der Waals surface area (Å²) in [4.78, 5) is 13.1. The van der Waals surface area contributed by atoms with Crippen LogP contribution in [0.2, 0.25) is 5.02 Å². The van der Waals surface area contributed by atoms with Crippen LogP contribution in [0.5, 0.6) is 0 Å². The number of carbonyl (C=O) groups is 1. The minimum absolute atomic E-state index is 0.0789. The lowest BCUT2D eigenvalue weighted by molar-refractivity contribution is -0.115. The van der Waals surface area contributed by atoms with Crippen molar-refractivity contribution in [3.63, 3.8) is 0 Å². The molecule has 0 aliphatic rings. The fourth-order valence-corrected chi connectivity index (χ4v) is 4.84. The highest BCUT2D eigenvalue weighted by Crippen LogP contribution is 2.28. The van der Waals surface area contributed by atoms with Gasteiger partial charge in [0.1, 0.15) is 0 Å². The molecule has 0 saturated heterocycles. The molecule has 0 saturated carbocycles. The summed E-state index contributed by atoms with van der Waals surface area (Å²) < 4.78 is 2.00. The van der Waals surface area contributed by atoms with Gasteiger partial charge in [0.05, 0.1) is 11.8 Å². The second-order valence-electron chi connectivity index (χ2n) is 8.90. The van der Waals surface area contributed by atoms with Crippen LogP contribution in [0, 0.1) is 27.7 Å². The average Bonchev–Trinajstić information content (AvgIpc) is 3.24. The first-order valence-electron chi connectivity index (χ1n) is 11.8. The predicted octanol–water partition coefficient (Wildman–Crippen LogP) is 6.89. The van der Waals surface area contributed by atoms with Crippen LogP contribution < -0.4 is 10.6 Å².